The molecule has 0 aromatic heterocycles. The van der Waals surface area contributed by atoms with Crippen LogP contribution < -0.4 is 9.47 Å². The van der Waals surface area contributed by atoms with Crippen molar-refractivity contribution in [3.05, 3.63) is 51.5 Å². The molecule has 1 N–H and O–H groups in total. The first-order valence-electron chi connectivity index (χ1n) is 6.13. The van der Waals surface area contributed by atoms with Crippen LogP contribution in [0.25, 0.3) is 0 Å². The van der Waals surface area contributed by atoms with Crippen molar-refractivity contribution in [3.8, 4) is 17.2 Å². The van der Waals surface area contributed by atoms with Gasteiger partial charge in [0.2, 0.25) is 0 Å². The zero-order valence-corrected chi connectivity index (χ0v) is 12.8. The maximum Gasteiger partial charge on any atom is 0.175 e. The Kier molecular flexibility index (Phi) is 3.18. The molecule has 1 aliphatic heterocycles. The minimum Gasteiger partial charge on any atom is -0.494 e. The van der Waals surface area contributed by atoms with Crippen molar-refractivity contribution in [2.75, 3.05) is 7.11 Å². The van der Waals surface area contributed by atoms with Crippen molar-refractivity contribution in [1.29, 1.82) is 0 Å². The largest absolute Gasteiger partial charge is 0.494 e. The molecule has 6 heteroatoms. The number of rotatable bonds is 1. The molecule has 0 saturated carbocycles. The summed E-state index contributed by atoms with van der Waals surface area (Å²) in [5.41, 5.74) is -1.67. The molecular formula is C15H11BrF2O3. The molecule has 0 fully saturated rings. The first kappa shape index (κ1) is 14.3. The lowest BCUT2D eigenvalue weighted by atomic mass is 9.84. The fourth-order valence-electron chi connectivity index (χ4n) is 2.51. The van der Waals surface area contributed by atoms with E-state index in [4.69, 9.17) is 9.47 Å². The number of ether oxygens (including phenoxy) is 2. The summed E-state index contributed by atoms with van der Waals surface area (Å²) in [4.78, 5) is 0. The lowest BCUT2D eigenvalue weighted by molar-refractivity contribution is 0.0836. The summed E-state index contributed by atoms with van der Waals surface area (Å²) in [6.45, 7) is 1.39. The minimum atomic E-state index is -1.74. The van der Waals surface area contributed by atoms with E-state index in [2.05, 4.69) is 15.9 Å². The molecule has 0 saturated heterocycles. The lowest BCUT2D eigenvalue weighted by Gasteiger charge is -2.33. The van der Waals surface area contributed by atoms with Crippen molar-refractivity contribution < 1.29 is 23.4 Å². The quantitative estimate of drug-likeness (QED) is 0.835. The molecule has 0 aliphatic carbocycles. The number of hydrogen-bond acceptors (Lipinski definition) is 3. The van der Waals surface area contributed by atoms with E-state index in [-0.39, 0.29) is 28.4 Å². The van der Waals surface area contributed by atoms with Gasteiger partial charge in [-0.05, 0) is 31.2 Å². The van der Waals surface area contributed by atoms with Gasteiger partial charge in [-0.1, -0.05) is 15.9 Å². The van der Waals surface area contributed by atoms with Crippen LogP contribution in [0, 0.1) is 11.6 Å². The van der Waals surface area contributed by atoms with Crippen LogP contribution in [0.4, 0.5) is 8.78 Å². The van der Waals surface area contributed by atoms with Crippen LogP contribution in [-0.4, -0.2) is 12.2 Å². The molecule has 1 atom stereocenters. The molecule has 3 nitrogen and oxygen atoms in total. The molecule has 0 amide bonds. The van der Waals surface area contributed by atoms with Gasteiger partial charge in [-0.2, -0.15) is 0 Å². The molecule has 2 aromatic rings. The second-order valence-electron chi connectivity index (χ2n) is 4.89. The SMILES string of the molecule is COc1ccc2c(c1F)[C@@](C)(O)c1cc(Br)cc(F)c1O2. The van der Waals surface area contributed by atoms with Gasteiger partial charge >= 0.3 is 0 Å². The lowest BCUT2D eigenvalue weighted by Crippen LogP contribution is -2.29. The van der Waals surface area contributed by atoms with E-state index in [0.29, 0.717) is 4.47 Å². The number of hydrogen-bond donors (Lipinski definition) is 1. The summed E-state index contributed by atoms with van der Waals surface area (Å²) in [5.74, 6) is -1.43. The molecule has 1 aliphatic rings. The number of benzene rings is 2. The Hall–Kier alpha value is -1.66. The zero-order chi connectivity index (χ0) is 15.4. The smallest absolute Gasteiger partial charge is 0.175 e. The topological polar surface area (TPSA) is 38.7 Å². The molecule has 0 radical (unpaired) electrons. The van der Waals surface area contributed by atoms with Crippen LogP contribution in [-0.2, 0) is 5.60 Å². The van der Waals surface area contributed by atoms with Gasteiger partial charge in [0.05, 0.1) is 12.7 Å². The predicted molar refractivity (Wildman–Crippen MR) is 75.8 cm³/mol. The Labute approximate surface area is 128 Å². The Bertz CT molecular complexity index is 744. The van der Waals surface area contributed by atoms with Gasteiger partial charge in [0.25, 0.3) is 0 Å². The third-order valence-corrected chi connectivity index (χ3v) is 3.98. The van der Waals surface area contributed by atoms with Gasteiger partial charge in [-0.25, -0.2) is 8.78 Å². The maximum absolute atomic E-state index is 14.5. The van der Waals surface area contributed by atoms with Gasteiger partial charge in [0.15, 0.2) is 23.1 Å². The van der Waals surface area contributed by atoms with Crippen LogP contribution in [0.2, 0.25) is 0 Å². The number of halogens is 3. The first-order chi connectivity index (χ1) is 9.86. The van der Waals surface area contributed by atoms with Gasteiger partial charge < -0.3 is 14.6 Å². The molecule has 0 bridgehead atoms. The molecule has 3 rings (SSSR count). The van der Waals surface area contributed by atoms with Crippen LogP contribution >= 0.6 is 15.9 Å². The molecule has 0 unspecified atom stereocenters. The summed E-state index contributed by atoms with van der Waals surface area (Å²) >= 11 is 3.15. The first-order valence-corrected chi connectivity index (χ1v) is 6.92. The highest BCUT2D eigenvalue weighted by Crippen LogP contribution is 2.50. The average Bonchev–Trinajstić information content (AvgIpc) is 2.40. The van der Waals surface area contributed by atoms with Gasteiger partial charge in [-0.3, -0.25) is 0 Å². The fourth-order valence-corrected chi connectivity index (χ4v) is 2.94. The van der Waals surface area contributed by atoms with Crippen LogP contribution in [0.5, 0.6) is 17.2 Å². The molecule has 110 valence electrons. The number of fused-ring (bicyclic) bond motifs is 2. The number of methoxy groups -OCH3 is 1. The van der Waals surface area contributed by atoms with Gasteiger partial charge in [0, 0.05) is 10.0 Å². The van der Waals surface area contributed by atoms with Crippen LogP contribution in [0.15, 0.2) is 28.7 Å². The molecule has 2 aromatic carbocycles. The number of aliphatic hydroxyl groups is 1. The monoisotopic (exact) mass is 356 g/mol. The van der Waals surface area contributed by atoms with Crippen molar-refractivity contribution in [2.24, 2.45) is 0 Å². The Morgan fingerprint density at radius 2 is 2.00 bits per heavy atom. The van der Waals surface area contributed by atoms with E-state index < -0.39 is 17.2 Å². The van der Waals surface area contributed by atoms with Crippen molar-refractivity contribution >= 4 is 15.9 Å². The van der Waals surface area contributed by atoms with Crippen LogP contribution in [0.1, 0.15) is 18.1 Å². The van der Waals surface area contributed by atoms with Crippen molar-refractivity contribution in [3.63, 3.8) is 0 Å². The highest BCUT2D eigenvalue weighted by molar-refractivity contribution is 9.10. The summed E-state index contributed by atoms with van der Waals surface area (Å²) < 4.78 is 39.3. The molecular weight excluding hydrogens is 346 g/mol. The Morgan fingerprint density at radius 1 is 1.29 bits per heavy atom. The van der Waals surface area contributed by atoms with Gasteiger partial charge in [0.1, 0.15) is 11.4 Å². The Morgan fingerprint density at radius 3 is 2.67 bits per heavy atom. The van der Waals surface area contributed by atoms with E-state index in [1.165, 1.54) is 38.3 Å². The van der Waals surface area contributed by atoms with Crippen molar-refractivity contribution in [2.45, 2.75) is 12.5 Å². The minimum absolute atomic E-state index is 0.0171. The van der Waals surface area contributed by atoms with E-state index in [1.54, 1.807) is 0 Å². The average molecular weight is 357 g/mol. The highest BCUT2D eigenvalue weighted by atomic mass is 79.9. The second kappa shape index (κ2) is 4.68. The third kappa shape index (κ3) is 2.01. The normalized spacial score (nSPS) is 19.5. The molecule has 1 heterocycles. The second-order valence-corrected chi connectivity index (χ2v) is 5.81. The van der Waals surface area contributed by atoms with E-state index >= 15 is 0 Å². The molecule has 0 spiro atoms. The van der Waals surface area contributed by atoms with E-state index in [1.807, 2.05) is 0 Å². The van der Waals surface area contributed by atoms with E-state index in [0.717, 1.165) is 0 Å². The highest BCUT2D eigenvalue weighted by Gasteiger charge is 2.41. The fraction of sp³-hybridized carbons (Fsp3) is 0.200. The molecule has 21 heavy (non-hydrogen) atoms. The summed E-state index contributed by atoms with van der Waals surface area (Å²) in [7, 11) is 1.33. The summed E-state index contributed by atoms with van der Waals surface area (Å²) in [6.07, 6.45) is 0. The van der Waals surface area contributed by atoms with E-state index in [9.17, 15) is 13.9 Å². The zero-order valence-electron chi connectivity index (χ0n) is 11.2. The Balaban J connectivity index is 2.32. The maximum atomic E-state index is 14.5. The third-order valence-electron chi connectivity index (χ3n) is 3.52. The van der Waals surface area contributed by atoms with Crippen molar-refractivity contribution in [1.82, 2.24) is 0 Å². The van der Waals surface area contributed by atoms with Gasteiger partial charge in [-0.15, -0.1) is 0 Å². The predicted octanol–water partition coefficient (Wildman–Crippen LogP) is 4.10. The van der Waals surface area contributed by atoms with Crippen LogP contribution in [0.3, 0.4) is 0 Å². The standard InChI is InChI=1S/C15H11BrF2O3/c1-15(19)8-5-7(16)6-9(17)14(8)21-10-3-4-11(20-2)13(18)12(10)15/h3-6,19H,1-2H3/t15-/m0/s1. The summed E-state index contributed by atoms with van der Waals surface area (Å²) in [5, 5.41) is 10.8. The summed E-state index contributed by atoms with van der Waals surface area (Å²) in [6, 6.07) is 5.53.